The van der Waals surface area contributed by atoms with Gasteiger partial charge in [-0.15, -0.1) is 0 Å². The first kappa shape index (κ1) is 12.7. The van der Waals surface area contributed by atoms with Crippen molar-refractivity contribution >= 4 is 23.0 Å². The lowest BCUT2D eigenvalue weighted by Crippen LogP contribution is -1.95. The van der Waals surface area contributed by atoms with Crippen molar-refractivity contribution in [3.8, 4) is 0 Å². The Hall–Kier alpha value is -1.29. The van der Waals surface area contributed by atoms with Crippen LogP contribution in [0, 0.1) is 10.1 Å². The van der Waals surface area contributed by atoms with Gasteiger partial charge in [-0.25, -0.2) is 0 Å². The fourth-order valence-electron chi connectivity index (χ4n) is 0.868. The molecular formula is C9H13ClN2O2. The average Bonchev–Trinajstić information content (AvgIpc) is 2.20. The van der Waals surface area contributed by atoms with Crippen LogP contribution in [0.4, 0.5) is 11.4 Å². The van der Waals surface area contributed by atoms with E-state index in [-0.39, 0.29) is 5.69 Å². The van der Waals surface area contributed by atoms with Crippen molar-refractivity contribution in [1.29, 1.82) is 0 Å². The SMILES string of the molecule is CC.CNc1cc(Cl)ccc1[N+](=O)[O-]. The van der Waals surface area contributed by atoms with Crippen LogP contribution in [0.3, 0.4) is 0 Å². The quantitative estimate of drug-likeness (QED) is 0.610. The number of rotatable bonds is 2. The first-order valence-corrected chi connectivity index (χ1v) is 4.64. The summed E-state index contributed by atoms with van der Waals surface area (Å²) < 4.78 is 0. The molecule has 4 nitrogen and oxygen atoms in total. The molecule has 0 saturated heterocycles. The Morgan fingerprint density at radius 3 is 2.43 bits per heavy atom. The number of hydrogen-bond acceptors (Lipinski definition) is 3. The molecule has 1 rings (SSSR count). The van der Waals surface area contributed by atoms with E-state index in [2.05, 4.69) is 5.32 Å². The highest BCUT2D eigenvalue weighted by atomic mass is 35.5. The van der Waals surface area contributed by atoms with E-state index in [1.807, 2.05) is 13.8 Å². The number of nitrogens with zero attached hydrogens (tertiary/aromatic N) is 1. The molecule has 0 atom stereocenters. The third kappa shape index (κ3) is 3.22. The molecule has 0 spiro atoms. The zero-order valence-electron chi connectivity index (χ0n) is 8.37. The number of nitrogens with one attached hydrogen (secondary N) is 1. The average molecular weight is 217 g/mol. The van der Waals surface area contributed by atoms with E-state index < -0.39 is 4.92 Å². The van der Waals surface area contributed by atoms with Gasteiger partial charge in [0.1, 0.15) is 5.69 Å². The summed E-state index contributed by atoms with van der Waals surface area (Å²) in [6.07, 6.45) is 0. The molecule has 0 aliphatic rings. The van der Waals surface area contributed by atoms with Gasteiger partial charge in [-0.1, -0.05) is 25.4 Å². The number of anilines is 1. The van der Waals surface area contributed by atoms with Gasteiger partial charge >= 0.3 is 0 Å². The Balaban J connectivity index is 0.000000791. The zero-order valence-corrected chi connectivity index (χ0v) is 9.13. The highest BCUT2D eigenvalue weighted by molar-refractivity contribution is 6.31. The van der Waals surface area contributed by atoms with Gasteiger partial charge in [-0.05, 0) is 12.1 Å². The minimum atomic E-state index is -0.456. The normalized spacial score (nSPS) is 8.57. The molecule has 0 saturated carbocycles. The van der Waals surface area contributed by atoms with Crippen molar-refractivity contribution in [2.24, 2.45) is 0 Å². The summed E-state index contributed by atoms with van der Waals surface area (Å²) in [5.41, 5.74) is 0.453. The Bertz CT molecular complexity index is 316. The van der Waals surface area contributed by atoms with Crippen molar-refractivity contribution in [2.45, 2.75) is 13.8 Å². The highest BCUT2D eigenvalue weighted by Gasteiger charge is 2.11. The smallest absolute Gasteiger partial charge is 0.292 e. The number of nitro benzene ring substituents is 1. The molecule has 0 aromatic heterocycles. The van der Waals surface area contributed by atoms with E-state index in [9.17, 15) is 10.1 Å². The Morgan fingerprint density at radius 2 is 2.00 bits per heavy atom. The van der Waals surface area contributed by atoms with Crippen LogP contribution in [0.2, 0.25) is 5.02 Å². The first-order chi connectivity index (χ1) is 6.65. The maximum Gasteiger partial charge on any atom is 0.292 e. The third-order valence-corrected chi connectivity index (χ3v) is 1.66. The second-order valence-electron chi connectivity index (χ2n) is 2.17. The molecule has 14 heavy (non-hydrogen) atoms. The predicted molar refractivity (Wildman–Crippen MR) is 59.0 cm³/mol. The summed E-state index contributed by atoms with van der Waals surface area (Å²) in [4.78, 5) is 9.96. The molecule has 0 aliphatic carbocycles. The summed E-state index contributed by atoms with van der Waals surface area (Å²) in [6, 6.07) is 4.37. The number of nitro groups is 1. The van der Waals surface area contributed by atoms with Crippen LogP contribution in [0.1, 0.15) is 13.8 Å². The summed E-state index contributed by atoms with van der Waals surface area (Å²) in [5.74, 6) is 0. The lowest BCUT2D eigenvalue weighted by Gasteiger charge is -2.00. The second-order valence-corrected chi connectivity index (χ2v) is 2.61. The maximum absolute atomic E-state index is 10.4. The number of hydrogen-bond donors (Lipinski definition) is 1. The van der Waals surface area contributed by atoms with Crippen molar-refractivity contribution in [2.75, 3.05) is 12.4 Å². The van der Waals surface area contributed by atoms with Gasteiger partial charge in [0.05, 0.1) is 4.92 Å². The Kier molecular flexibility index (Phi) is 5.64. The van der Waals surface area contributed by atoms with Crippen LogP contribution < -0.4 is 5.32 Å². The lowest BCUT2D eigenvalue weighted by atomic mass is 10.3. The second kappa shape index (κ2) is 6.21. The van der Waals surface area contributed by atoms with Crippen molar-refractivity contribution in [3.63, 3.8) is 0 Å². The van der Waals surface area contributed by atoms with Gasteiger partial charge in [-0.2, -0.15) is 0 Å². The van der Waals surface area contributed by atoms with E-state index in [0.29, 0.717) is 10.7 Å². The third-order valence-electron chi connectivity index (χ3n) is 1.42. The van der Waals surface area contributed by atoms with Crippen molar-refractivity contribution in [1.82, 2.24) is 0 Å². The molecule has 0 fully saturated rings. The van der Waals surface area contributed by atoms with Gasteiger partial charge in [0.25, 0.3) is 5.69 Å². The lowest BCUT2D eigenvalue weighted by molar-refractivity contribution is -0.383. The molecule has 1 N–H and O–H groups in total. The van der Waals surface area contributed by atoms with Crippen molar-refractivity contribution < 1.29 is 4.92 Å². The molecule has 5 heteroatoms. The van der Waals surface area contributed by atoms with E-state index in [4.69, 9.17) is 11.6 Å². The van der Waals surface area contributed by atoms with Gasteiger partial charge in [0, 0.05) is 18.1 Å². The summed E-state index contributed by atoms with van der Waals surface area (Å²) >= 11 is 5.64. The molecule has 0 bridgehead atoms. The highest BCUT2D eigenvalue weighted by Crippen LogP contribution is 2.26. The van der Waals surface area contributed by atoms with Gasteiger partial charge in [-0.3, -0.25) is 10.1 Å². The molecule has 1 aromatic carbocycles. The minimum absolute atomic E-state index is 0.0295. The topological polar surface area (TPSA) is 55.2 Å². The largest absolute Gasteiger partial charge is 0.383 e. The van der Waals surface area contributed by atoms with Crippen LogP contribution in [-0.4, -0.2) is 12.0 Å². The summed E-state index contributed by atoms with van der Waals surface area (Å²) in [5, 5.41) is 13.6. The maximum atomic E-state index is 10.4. The molecule has 1 aromatic rings. The molecule has 0 radical (unpaired) electrons. The minimum Gasteiger partial charge on any atom is -0.383 e. The number of halogens is 1. The van der Waals surface area contributed by atoms with Crippen LogP contribution in [0.15, 0.2) is 18.2 Å². The summed E-state index contributed by atoms with van der Waals surface area (Å²) in [7, 11) is 1.61. The van der Waals surface area contributed by atoms with Gasteiger partial charge < -0.3 is 5.32 Å². The molecule has 0 aliphatic heterocycles. The zero-order chi connectivity index (χ0) is 11.1. The van der Waals surface area contributed by atoms with E-state index in [0.717, 1.165) is 0 Å². The molecule has 0 amide bonds. The Morgan fingerprint density at radius 1 is 1.43 bits per heavy atom. The van der Waals surface area contributed by atoms with Gasteiger partial charge in [0.2, 0.25) is 0 Å². The molecule has 78 valence electrons. The molecular weight excluding hydrogens is 204 g/mol. The van der Waals surface area contributed by atoms with Crippen LogP contribution in [0.5, 0.6) is 0 Å². The fourth-order valence-corrected chi connectivity index (χ4v) is 1.04. The van der Waals surface area contributed by atoms with Crippen LogP contribution in [0.25, 0.3) is 0 Å². The van der Waals surface area contributed by atoms with Crippen LogP contribution in [-0.2, 0) is 0 Å². The Labute approximate surface area is 88.0 Å². The molecule has 0 heterocycles. The fraction of sp³-hybridized carbons (Fsp3) is 0.333. The summed E-state index contributed by atoms with van der Waals surface area (Å²) in [6.45, 7) is 4.00. The van der Waals surface area contributed by atoms with E-state index >= 15 is 0 Å². The van der Waals surface area contributed by atoms with Crippen LogP contribution >= 0.6 is 11.6 Å². The standard InChI is InChI=1S/C7H7ClN2O2.C2H6/c1-9-6-4-5(8)2-3-7(6)10(11)12;1-2/h2-4,9H,1H3;1-2H3. The monoisotopic (exact) mass is 216 g/mol. The first-order valence-electron chi connectivity index (χ1n) is 4.27. The number of benzene rings is 1. The van der Waals surface area contributed by atoms with E-state index in [1.54, 1.807) is 7.05 Å². The predicted octanol–water partition coefficient (Wildman–Crippen LogP) is 3.32. The van der Waals surface area contributed by atoms with Gasteiger partial charge in [0.15, 0.2) is 0 Å². The van der Waals surface area contributed by atoms with E-state index in [1.165, 1.54) is 18.2 Å². The van der Waals surface area contributed by atoms with Crippen molar-refractivity contribution in [3.05, 3.63) is 33.3 Å². The molecule has 0 unspecified atom stereocenters.